The predicted octanol–water partition coefficient (Wildman–Crippen LogP) is 5.50. The van der Waals surface area contributed by atoms with Crippen LogP contribution in [0.2, 0.25) is 5.02 Å². The molecule has 0 spiro atoms. The van der Waals surface area contributed by atoms with Gasteiger partial charge >= 0.3 is 0 Å². The Morgan fingerprint density at radius 2 is 2.09 bits per heavy atom. The van der Waals surface area contributed by atoms with E-state index in [0.29, 0.717) is 30.6 Å². The number of aryl methyl sites for hydroxylation is 1. The van der Waals surface area contributed by atoms with Crippen LogP contribution in [0.25, 0.3) is 0 Å². The van der Waals surface area contributed by atoms with Crippen LogP contribution >= 0.6 is 22.9 Å². The van der Waals surface area contributed by atoms with E-state index in [1.54, 1.807) is 16.2 Å². The van der Waals surface area contributed by atoms with E-state index in [0.717, 1.165) is 42.6 Å². The van der Waals surface area contributed by atoms with Crippen LogP contribution in [-0.2, 0) is 16.0 Å². The van der Waals surface area contributed by atoms with Crippen molar-refractivity contribution in [2.75, 3.05) is 26.2 Å². The van der Waals surface area contributed by atoms with E-state index in [1.165, 1.54) is 4.88 Å². The highest BCUT2D eigenvalue weighted by Crippen LogP contribution is 2.35. The Hall–Kier alpha value is -2.05. The largest absolute Gasteiger partial charge is 0.491 e. The van der Waals surface area contributed by atoms with Crippen LogP contribution in [0.1, 0.15) is 55.2 Å². The van der Waals surface area contributed by atoms with Crippen LogP contribution in [0, 0.1) is 18.8 Å². The third-order valence-electron chi connectivity index (χ3n) is 6.75. The molecule has 0 N–H and O–H groups in total. The fourth-order valence-electron chi connectivity index (χ4n) is 4.34. The number of thiophene rings is 1. The molecule has 2 amide bonds. The van der Waals surface area contributed by atoms with Gasteiger partial charge in [0.1, 0.15) is 12.4 Å². The van der Waals surface area contributed by atoms with E-state index in [1.807, 2.05) is 30.0 Å². The smallest absolute Gasteiger partial charge is 0.242 e. The van der Waals surface area contributed by atoms with E-state index in [2.05, 4.69) is 25.3 Å². The number of benzene rings is 1. The number of amides is 2. The van der Waals surface area contributed by atoms with Crippen LogP contribution in [0.15, 0.2) is 29.6 Å². The number of carbonyl (C=O) groups excluding carboxylic acids is 2. The first-order valence-electron chi connectivity index (χ1n) is 11.9. The average Bonchev–Trinajstić information content (AvgIpc) is 3.55. The minimum atomic E-state index is -0.162. The molecule has 0 unspecified atom stereocenters. The third kappa shape index (κ3) is 5.72. The summed E-state index contributed by atoms with van der Waals surface area (Å²) in [4.78, 5) is 31.5. The fraction of sp³-hybridized carbons (Fsp3) is 0.538. The molecule has 1 aliphatic heterocycles. The lowest BCUT2D eigenvalue weighted by atomic mass is 10.00. The zero-order valence-corrected chi connectivity index (χ0v) is 21.3. The van der Waals surface area contributed by atoms with Gasteiger partial charge in [0.15, 0.2) is 0 Å². The van der Waals surface area contributed by atoms with Crippen molar-refractivity contribution < 1.29 is 14.3 Å². The summed E-state index contributed by atoms with van der Waals surface area (Å²) in [5, 5.41) is 2.79. The molecule has 5 nitrogen and oxygen atoms in total. The Labute approximate surface area is 205 Å². The minimum Gasteiger partial charge on any atom is -0.491 e. The summed E-state index contributed by atoms with van der Waals surface area (Å²) in [7, 11) is 0. The van der Waals surface area contributed by atoms with Gasteiger partial charge in [0.2, 0.25) is 11.8 Å². The molecule has 0 bridgehead atoms. The second kappa shape index (κ2) is 10.5. The van der Waals surface area contributed by atoms with Crippen molar-refractivity contribution in [1.29, 1.82) is 0 Å². The molecule has 1 fully saturated rings. The second-order valence-corrected chi connectivity index (χ2v) is 10.8. The first kappa shape index (κ1) is 24.1. The lowest BCUT2D eigenvalue weighted by Gasteiger charge is -2.37. The normalized spacial score (nSPS) is 18.5. The minimum absolute atomic E-state index is 0.00467. The first-order valence-corrected chi connectivity index (χ1v) is 13.2. The molecule has 1 saturated carbocycles. The summed E-state index contributed by atoms with van der Waals surface area (Å²) < 4.78 is 6.14. The van der Waals surface area contributed by atoms with E-state index in [-0.39, 0.29) is 30.3 Å². The van der Waals surface area contributed by atoms with Gasteiger partial charge in [-0.2, -0.15) is 0 Å². The molecule has 0 radical (unpaired) electrons. The van der Waals surface area contributed by atoms with Crippen molar-refractivity contribution in [2.24, 2.45) is 11.8 Å². The van der Waals surface area contributed by atoms with Crippen molar-refractivity contribution in [2.45, 2.75) is 52.5 Å². The van der Waals surface area contributed by atoms with Crippen LogP contribution < -0.4 is 4.74 Å². The quantitative estimate of drug-likeness (QED) is 0.468. The summed E-state index contributed by atoms with van der Waals surface area (Å²) in [5.41, 5.74) is 2.12. The Morgan fingerprint density at radius 3 is 2.79 bits per heavy atom. The maximum absolute atomic E-state index is 13.5. The number of halogens is 1. The van der Waals surface area contributed by atoms with Crippen molar-refractivity contribution in [3.63, 3.8) is 0 Å². The Kier molecular flexibility index (Phi) is 7.65. The number of fused-ring (bicyclic) bond motifs is 1. The summed E-state index contributed by atoms with van der Waals surface area (Å²) in [6.45, 7) is 8.02. The highest BCUT2D eigenvalue weighted by Gasteiger charge is 2.37. The van der Waals surface area contributed by atoms with E-state index < -0.39 is 0 Å². The summed E-state index contributed by atoms with van der Waals surface area (Å²) in [6, 6.07) is 7.56. The van der Waals surface area contributed by atoms with Crippen LogP contribution in [0.4, 0.5) is 0 Å². The molecule has 2 aliphatic rings. The van der Waals surface area contributed by atoms with Gasteiger partial charge in [0.25, 0.3) is 0 Å². The monoisotopic (exact) mass is 488 g/mol. The Morgan fingerprint density at radius 1 is 1.30 bits per heavy atom. The molecule has 2 heterocycles. The number of ether oxygens (including phenoxy) is 1. The second-order valence-electron chi connectivity index (χ2n) is 9.38. The van der Waals surface area contributed by atoms with E-state index in [9.17, 15) is 9.59 Å². The fourth-order valence-corrected chi connectivity index (χ4v) is 5.38. The highest BCUT2D eigenvalue weighted by atomic mass is 35.5. The van der Waals surface area contributed by atoms with Gasteiger partial charge < -0.3 is 14.5 Å². The maximum atomic E-state index is 13.5. The summed E-state index contributed by atoms with van der Waals surface area (Å²) in [6.07, 6.45) is 3.73. The Bertz CT molecular complexity index is 1000. The first-order chi connectivity index (χ1) is 15.9. The number of nitrogens with zero attached hydrogens (tertiary/aromatic N) is 2. The van der Waals surface area contributed by atoms with Gasteiger partial charge in [-0.05, 0) is 72.9 Å². The van der Waals surface area contributed by atoms with Crippen LogP contribution in [-0.4, -0.2) is 47.9 Å². The molecule has 7 heteroatoms. The molecule has 4 rings (SSSR count). The zero-order chi connectivity index (χ0) is 23.5. The van der Waals surface area contributed by atoms with Crippen molar-refractivity contribution >= 4 is 34.8 Å². The molecule has 33 heavy (non-hydrogen) atoms. The molecule has 1 aliphatic carbocycles. The molecule has 2 aromatic rings. The summed E-state index contributed by atoms with van der Waals surface area (Å²) in [5.74, 6) is 1.37. The van der Waals surface area contributed by atoms with Crippen molar-refractivity contribution in [1.82, 2.24) is 9.80 Å². The number of rotatable bonds is 9. The molecular weight excluding hydrogens is 456 g/mol. The van der Waals surface area contributed by atoms with Gasteiger partial charge in [0, 0.05) is 28.9 Å². The standard InChI is InChI=1S/C26H33ClN2O3S/c1-4-17(2)14-28(26(31)19-5-6-19)15-25(30)29-11-9-24-21(10-12-33-24)23(29)16-32-20-7-8-22(27)18(3)13-20/h7-8,10,12-13,17,19,23H,4-6,9,11,14-16H2,1-3H3/t17-,23-/m0/s1. The number of hydrogen-bond acceptors (Lipinski definition) is 4. The van der Waals surface area contributed by atoms with Crippen LogP contribution in [0.3, 0.4) is 0 Å². The molecule has 1 aromatic heterocycles. The predicted molar refractivity (Wildman–Crippen MR) is 133 cm³/mol. The topological polar surface area (TPSA) is 49.9 Å². The summed E-state index contributed by atoms with van der Waals surface area (Å²) >= 11 is 7.89. The molecule has 1 aromatic carbocycles. The van der Waals surface area contributed by atoms with Gasteiger partial charge in [0.05, 0.1) is 12.6 Å². The number of hydrogen-bond donors (Lipinski definition) is 0. The lowest BCUT2D eigenvalue weighted by Crippen LogP contribution is -2.48. The number of carbonyl (C=O) groups is 2. The zero-order valence-electron chi connectivity index (χ0n) is 19.7. The van der Waals surface area contributed by atoms with E-state index >= 15 is 0 Å². The van der Waals surface area contributed by atoms with E-state index in [4.69, 9.17) is 16.3 Å². The Balaban J connectivity index is 1.50. The average molecular weight is 489 g/mol. The van der Waals surface area contributed by atoms with Crippen LogP contribution in [0.5, 0.6) is 5.75 Å². The third-order valence-corrected chi connectivity index (χ3v) is 8.17. The van der Waals surface area contributed by atoms with Gasteiger partial charge in [-0.1, -0.05) is 31.9 Å². The highest BCUT2D eigenvalue weighted by molar-refractivity contribution is 7.10. The van der Waals surface area contributed by atoms with Gasteiger partial charge in [-0.25, -0.2) is 0 Å². The maximum Gasteiger partial charge on any atom is 0.242 e. The van der Waals surface area contributed by atoms with Gasteiger partial charge in [-0.15, -0.1) is 11.3 Å². The molecular formula is C26H33ClN2O3S. The lowest BCUT2D eigenvalue weighted by molar-refractivity contribution is -0.143. The molecule has 178 valence electrons. The van der Waals surface area contributed by atoms with Crippen molar-refractivity contribution in [3.05, 3.63) is 50.7 Å². The molecule has 2 atom stereocenters. The molecule has 0 saturated heterocycles. The SMILES string of the molecule is CC[C@H](C)CN(CC(=O)N1CCc2sccc2[C@@H]1COc1ccc(Cl)c(C)c1)C(=O)C1CC1. The van der Waals surface area contributed by atoms with Crippen molar-refractivity contribution in [3.8, 4) is 5.75 Å². The van der Waals surface area contributed by atoms with Gasteiger partial charge in [-0.3, -0.25) is 9.59 Å².